The van der Waals surface area contributed by atoms with E-state index in [1.165, 1.54) is 18.2 Å². The Bertz CT molecular complexity index is 1110. The molecule has 1 aliphatic rings. The number of thioether (sulfide) groups is 1. The maximum Gasteiger partial charge on any atom is 0.335 e. The molecule has 32 heavy (non-hydrogen) atoms. The van der Waals surface area contributed by atoms with Gasteiger partial charge in [0.2, 0.25) is 0 Å². The van der Waals surface area contributed by atoms with Gasteiger partial charge in [0.05, 0.1) is 22.1 Å². The van der Waals surface area contributed by atoms with Crippen LogP contribution in [0.5, 0.6) is 11.5 Å². The summed E-state index contributed by atoms with van der Waals surface area (Å²) in [6, 6.07) is 9.67. The SMILES string of the molecule is C=CCN1C(=O)S/C(=C/c2cc(Cl)c(OCc3cccc(C(=O)O)c3)c(OCC)c2)C1=O. The molecule has 9 heteroatoms. The second kappa shape index (κ2) is 10.4. The van der Waals surface area contributed by atoms with Gasteiger partial charge < -0.3 is 14.6 Å². The van der Waals surface area contributed by atoms with E-state index in [0.717, 1.165) is 16.7 Å². The van der Waals surface area contributed by atoms with Gasteiger partial charge >= 0.3 is 5.97 Å². The highest BCUT2D eigenvalue weighted by atomic mass is 35.5. The minimum absolute atomic E-state index is 0.0840. The largest absolute Gasteiger partial charge is 0.490 e. The summed E-state index contributed by atoms with van der Waals surface area (Å²) in [6.45, 7) is 5.94. The number of carboxylic acid groups (broad SMARTS) is 1. The second-order valence-electron chi connectivity index (χ2n) is 6.64. The first kappa shape index (κ1) is 23.4. The Morgan fingerprint density at radius 3 is 2.72 bits per heavy atom. The molecule has 0 aromatic heterocycles. The summed E-state index contributed by atoms with van der Waals surface area (Å²) in [5.74, 6) is -0.758. The van der Waals surface area contributed by atoms with Crippen LogP contribution in [0.4, 0.5) is 4.79 Å². The van der Waals surface area contributed by atoms with Crippen molar-refractivity contribution in [3.05, 3.63) is 75.7 Å². The molecule has 1 fully saturated rings. The Kier molecular flexibility index (Phi) is 7.61. The molecular weight excluding hydrogens is 454 g/mol. The van der Waals surface area contributed by atoms with Gasteiger partial charge in [0.15, 0.2) is 11.5 Å². The fourth-order valence-corrected chi connectivity index (χ4v) is 4.08. The number of benzene rings is 2. The second-order valence-corrected chi connectivity index (χ2v) is 8.04. The first-order valence-corrected chi connectivity index (χ1v) is 10.8. The zero-order chi connectivity index (χ0) is 23.3. The summed E-state index contributed by atoms with van der Waals surface area (Å²) >= 11 is 7.28. The number of carbonyl (C=O) groups excluding carboxylic acids is 2. The van der Waals surface area contributed by atoms with Gasteiger partial charge in [-0.3, -0.25) is 14.5 Å². The minimum atomic E-state index is -1.03. The Balaban J connectivity index is 1.86. The first-order chi connectivity index (χ1) is 15.3. The molecule has 166 valence electrons. The van der Waals surface area contributed by atoms with Crippen molar-refractivity contribution >= 4 is 46.6 Å². The number of hydrogen-bond donors (Lipinski definition) is 1. The number of amides is 2. The summed E-state index contributed by atoms with van der Waals surface area (Å²) in [5.41, 5.74) is 1.38. The van der Waals surface area contributed by atoms with Crippen molar-refractivity contribution in [2.75, 3.05) is 13.2 Å². The number of nitrogens with zero attached hydrogens (tertiary/aromatic N) is 1. The number of imide groups is 1. The molecule has 0 radical (unpaired) electrons. The number of ether oxygens (including phenoxy) is 2. The van der Waals surface area contributed by atoms with Crippen molar-refractivity contribution in [2.45, 2.75) is 13.5 Å². The average molecular weight is 474 g/mol. The lowest BCUT2D eigenvalue weighted by Gasteiger charge is -2.15. The van der Waals surface area contributed by atoms with Crippen molar-refractivity contribution < 1.29 is 29.0 Å². The van der Waals surface area contributed by atoms with Gasteiger partial charge in [-0.05, 0) is 60.2 Å². The van der Waals surface area contributed by atoms with Crippen LogP contribution < -0.4 is 9.47 Å². The number of carboxylic acids is 1. The maximum absolute atomic E-state index is 12.4. The summed E-state index contributed by atoms with van der Waals surface area (Å²) in [6.07, 6.45) is 3.06. The highest BCUT2D eigenvalue weighted by Gasteiger charge is 2.34. The van der Waals surface area contributed by atoms with Crippen LogP contribution in [0.2, 0.25) is 5.02 Å². The molecule has 2 aromatic carbocycles. The number of carbonyl (C=O) groups is 3. The number of hydrogen-bond acceptors (Lipinski definition) is 6. The van der Waals surface area contributed by atoms with Crippen molar-refractivity contribution in [3.8, 4) is 11.5 Å². The van der Waals surface area contributed by atoms with Crippen LogP contribution in [0.25, 0.3) is 6.08 Å². The molecule has 1 N–H and O–H groups in total. The zero-order valence-corrected chi connectivity index (χ0v) is 18.7. The molecule has 2 amide bonds. The van der Waals surface area contributed by atoms with Crippen molar-refractivity contribution in [1.29, 1.82) is 0 Å². The molecule has 1 heterocycles. The lowest BCUT2D eigenvalue weighted by molar-refractivity contribution is -0.122. The van der Waals surface area contributed by atoms with Crippen LogP contribution in [-0.2, 0) is 11.4 Å². The van der Waals surface area contributed by atoms with E-state index in [2.05, 4.69) is 6.58 Å². The highest BCUT2D eigenvalue weighted by molar-refractivity contribution is 8.18. The third-order valence-electron chi connectivity index (χ3n) is 4.37. The number of aromatic carboxylic acids is 1. The quantitative estimate of drug-likeness (QED) is 0.393. The molecule has 0 spiro atoms. The van der Waals surface area contributed by atoms with Gasteiger partial charge in [-0.2, -0.15) is 0 Å². The first-order valence-electron chi connectivity index (χ1n) is 9.61. The average Bonchev–Trinajstić information content (AvgIpc) is 3.01. The summed E-state index contributed by atoms with van der Waals surface area (Å²) in [7, 11) is 0. The Hall–Kier alpha value is -3.23. The smallest absolute Gasteiger partial charge is 0.335 e. The molecular formula is C23H20ClNO6S. The lowest BCUT2D eigenvalue weighted by Crippen LogP contribution is -2.27. The van der Waals surface area contributed by atoms with Gasteiger partial charge in [-0.1, -0.05) is 29.8 Å². The molecule has 1 aliphatic heterocycles. The van der Waals surface area contributed by atoms with E-state index < -0.39 is 11.9 Å². The number of halogens is 1. The van der Waals surface area contributed by atoms with Crippen molar-refractivity contribution in [2.24, 2.45) is 0 Å². The third kappa shape index (κ3) is 5.33. The minimum Gasteiger partial charge on any atom is -0.490 e. The van der Waals surface area contributed by atoms with Gasteiger partial charge in [0, 0.05) is 6.54 Å². The fourth-order valence-electron chi connectivity index (χ4n) is 2.96. The van der Waals surface area contributed by atoms with Gasteiger partial charge in [-0.25, -0.2) is 4.79 Å². The molecule has 0 aliphatic carbocycles. The van der Waals surface area contributed by atoms with Crippen molar-refractivity contribution in [3.63, 3.8) is 0 Å². The Morgan fingerprint density at radius 1 is 1.25 bits per heavy atom. The molecule has 0 saturated carbocycles. The Labute approximate surface area is 194 Å². The van der Waals surface area contributed by atoms with E-state index in [9.17, 15) is 14.4 Å². The van der Waals surface area contributed by atoms with E-state index in [1.807, 2.05) is 0 Å². The van der Waals surface area contributed by atoms with E-state index in [-0.39, 0.29) is 33.9 Å². The maximum atomic E-state index is 12.4. The normalized spacial score (nSPS) is 14.7. The van der Waals surface area contributed by atoms with Crippen LogP contribution in [0.15, 0.2) is 54.0 Å². The third-order valence-corrected chi connectivity index (χ3v) is 5.56. The van der Waals surface area contributed by atoms with E-state index in [0.29, 0.717) is 29.2 Å². The fraction of sp³-hybridized carbons (Fsp3) is 0.174. The van der Waals surface area contributed by atoms with Crippen molar-refractivity contribution in [1.82, 2.24) is 4.90 Å². The monoisotopic (exact) mass is 473 g/mol. The van der Waals surface area contributed by atoms with Crippen LogP contribution in [0, 0.1) is 0 Å². The van der Waals surface area contributed by atoms with Crippen LogP contribution >= 0.6 is 23.4 Å². The lowest BCUT2D eigenvalue weighted by atomic mass is 10.1. The zero-order valence-electron chi connectivity index (χ0n) is 17.2. The summed E-state index contributed by atoms with van der Waals surface area (Å²) < 4.78 is 11.5. The summed E-state index contributed by atoms with van der Waals surface area (Å²) in [5, 5.41) is 9.03. The molecule has 1 saturated heterocycles. The molecule has 3 rings (SSSR count). The van der Waals surface area contributed by atoms with Crippen LogP contribution in [0.1, 0.15) is 28.4 Å². The Morgan fingerprint density at radius 2 is 2.03 bits per heavy atom. The van der Waals surface area contributed by atoms with E-state index in [4.69, 9.17) is 26.2 Å². The molecule has 0 bridgehead atoms. The van der Waals surface area contributed by atoms with Gasteiger partial charge in [0.1, 0.15) is 6.61 Å². The highest BCUT2D eigenvalue weighted by Crippen LogP contribution is 2.39. The predicted molar refractivity (Wildman–Crippen MR) is 123 cm³/mol. The predicted octanol–water partition coefficient (Wildman–Crippen LogP) is 5.24. The molecule has 2 aromatic rings. The van der Waals surface area contributed by atoms with Crippen LogP contribution in [0.3, 0.4) is 0 Å². The summed E-state index contributed by atoms with van der Waals surface area (Å²) in [4.78, 5) is 37.0. The van der Waals surface area contributed by atoms with Gasteiger partial charge in [-0.15, -0.1) is 6.58 Å². The number of rotatable bonds is 9. The van der Waals surface area contributed by atoms with Gasteiger partial charge in [0.25, 0.3) is 11.1 Å². The molecule has 0 atom stereocenters. The van der Waals surface area contributed by atoms with E-state index in [1.54, 1.807) is 37.3 Å². The molecule has 7 nitrogen and oxygen atoms in total. The standard InChI is InChI=1S/C23H20ClNO6S/c1-3-8-25-21(26)19(32-23(25)29)12-15-10-17(24)20(18(11-15)30-4-2)31-13-14-6-5-7-16(9-14)22(27)28/h3,5-7,9-12H,1,4,8,13H2,2H3,(H,27,28)/b19-12+. The van der Waals surface area contributed by atoms with Crippen LogP contribution in [-0.4, -0.2) is 40.3 Å². The topological polar surface area (TPSA) is 93.1 Å². The molecule has 0 unspecified atom stereocenters. The van der Waals surface area contributed by atoms with E-state index >= 15 is 0 Å².